The highest BCUT2D eigenvalue weighted by atomic mass is 19.1. The molecule has 0 aromatic heterocycles. The van der Waals surface area contributed by atoms with E-state index in [0.29, 0.717) is 0 Å². The van der Waals surface area contributed by atoms with Gasteiger partial charge in [0, 0.05) is 12.2 Å². The quantitative estimate of drug-likeness (QED) is 0.812. The van der Waals surface area contributed by atoms with Crippen LogP contribution in [-0.4, -0.2) is 13.7 Å². The van der Waals surface area contributed by atoms with Crippen molar-refractivity contribution in [1.82, 2.24) is 0 Å². The largest absolute Gasteiger partial charge is 0.497 e. The minimum absolute atomic E-state index is 0.167. The average Bonchev–Trinajstić information content (AvgIpc) is 2.43. The van der Waals surface area contributed by atoms with Gasteiger partial charge in [-0.2, -0.15) is 0 Å². The first-order valence-corrected chi connectivity index (χ1v) is 6.11. The van der Waals surface area contributed by atoms with Crippen molar-refractivity contribution in [3.63, 3.8) is 0 Å². The fourth-order valence-corrected chi connectivity index (χ4v) is 1.78. The lowest BCUT2D eigenvalue weighted by atomic mass is 10.1. The number of halogens is 1. The van der Waals surface area contributed by atoms with Gasteiger partial charge in [0.15, 0.2) is 0 Å². The normalized spacial score (nSPS) is 10.2. The molecule has 0 unspecified atom stereocenters. The predicted octanol–water partition coefficient (Wildman–Crippen LogP) is 3.07. The maximum atomic E-state index is 13.2. The first kappa shape index (κ1) is 13.2. The highest BCUT2D eigenvalue weighted by Gasteiger charge is 2.00. The molecule has 3 N–H and O–H groups in total. The van der Waals surface area contributed by atoms with Crippen molar-refractivity contribution in [3.8, 4) is 5.75 Å². The van der Waals surface area contributed by atoms with Gasteiger partial charge in [0.05, 0.1) is 12.8 Å². The third-order valence-corrected chi connectivity index (χ3v) is 2.90. The van der Waals surface area contributed by atoms with Crippen molar-refractivity contribution in [2.45, 2.75) is 6.42 Å². The maximum Gasteiger partial charge on any atom is 0.148 e. The molecule has 0 radical (unpaired) electrons. The van der Waals surface area contributed by atoms with E-state index in [1.807, 2.05) is 24.3 Å². The predicted molar refractivity (Wildman–Crippen MR) is 76.0 cm³/mol. The van der Waals surface area contributed by atoms with Crippen LogP contribution in [0.25, 0.3) is 0 Å². The summed E-state index contributed by atoms with van der Waals surface area (Å²) in [5.74, 6) is 0.451. The summed E-state index contributed by atoms with van der Waals surface area (Å²) in [4.78, 5) is 0. The monoisotopic (exact) mass is 260 g/mol. The van der Waals surface area contributed by atoms with Crippen LogP contribution in [0, 0.1) is 5.82 Å². The van der Waals surface area contributed by atoms with Gasteiger partial charge in [-0.25, -0.2) is 4.39 Å². The number of nitrogen functional groups attached to an aromatic ring is 1. The van der Waals surface area contributed by atoms with Gasteiger partial charge in [0.2, 0.25) is 0 Å². The molecular formula is C15H17FN2O. The Morgan fingerprint density at radius 3 is 2.53 bits per heavy atom. The van der Waals surface area contributed by atoms with Gasteiger partial charge in [-0.3, -0.25) is 0 Å². The maximum absolute atomic E-state index is 13.2. The van der Waals surface area contributed by atoms with Crippen molar-refractivity contribution in [3.05, 3.63) is 53.8 Å². The highest BCUT2D eigenvalue weighted by molar-refractivity contribution is 5.52. The second-order valence-electron chi connectivity index (χ2n) is 4.26. The van der Waals surface area contributed by atoms with E-state index in [9.17, 15) is 4.39 Å². The molecule has 0 atom stereocenters. The molecule has 2 aromatic carbocycles. The Morgan fingerprint density at radius 1 is 1.16 bits per heavy atom. The molecule has 2 rings (SSSR count). The number of methoxy groups -OCH3 is 1. The van der Waals surface area contributed by atoms with Crippen molar-refractivity contribution in [2.75, 3.05) is 24.7 Å². The van der Waals surface area contributed by atoms with Crippen LogP contribution in [0.5, 0.6) is 5.75 Å². The lowest BCUT2D eigenvalue weighted by Crippen LogP contribution is -2.05. The summed E-state index contributed by atoms with van der Waals surface area (Å²) < 4.78 is 18.3. The van der Waals surface area contributed by atoms with Crippen molar-refractivity contribution >= 4 is 11.4 Å². The number of rotatable bonds is 5. The molecule has 0 saturated heterocycles. The molecule has 0 aliphatic heterocycles. The fraction of sp³-hybridized carbons (Fsp3) is 0.200. The molecule has 19 heavy (non-hydrogen) atoms. The van der Waals surface area contributed by atoms with E-state index in [0.717, 1.165) is 24.4 Å². The second-order valence-corrected chi connectivity index (χ2v) is 4.26. The van der Waals surface area contributed by atoms with Gasteiger partial charge >= 0.3 is 0 Å². The van der Waals surface area contributed by atoms with Crippen molar-refractivity contribution < 1.29 is 9.13 Å². The van der Waals surface area contributed by atoms with Crippen LogP contribution in [0.15, 0.2) is 42.5 Å². The molecular weight excluding hydrogens is 243 g/mol. The minimum Gasteiger partial charge on any atom is -0.497 e. The first-order valence-electron chi connectivity index (χ1n) is 6.11. The smallest absolute Gasteiger partial charge is 0.148 e. The highest BCUT2D eigenvalue weighted by Crippen LogP contribution is 2.16. The summed E-state index contributed by atoms with van der Waals surface area (Å²) in [6.07, 6.45) is 0.857. The van der Waals surface area contributed by atoms with Crippen LogP contribution in [0.4, 0.5) is 15.8 Å². The third-order valence-electron chi connectivity index (χ3n) is 2.90. The third kappa shape index (κ3) is 3.61. The van der Waals surface area contributed by atoms with Crippen LogP contribution in [-0.2, 0) is 6.42 Å². The molecule has 2 aromatic rings. The summed E-state index contributed by atoms with van der Waals surface area (Å²) in [5, 5.41) is 3.16. The summed E-state index contributed by atoms with van der Waals surface area (Å²) in [6, 6.07) is 12.6. The molecule has 0 bridgehead atoms. The number of ether oxygens (including phenoxy) is 1. The van der Waals surface area contributed by atoms with Gasteiger partial charge in [-0.1, -0.05) is 12.1 Å². The minimum atomic E-state index is -0.394. The summed E-state index contributed by atoms with van der Waals surface area (Å²) >= 11 is 0. The SMILES string of the molecule is COc1ccc(CCNc2ccc(N)c(F)c2)cc1. The molecule has 0 aliphatic rings. The van der Waals surface area contributed by atoms with Crippen LogP contribution < -0.4 is 15.8 Å². The number of hydrogen-bond acceptors (Lipinski definition) is 3. The Kier molecular flexibility index (Phi) is 4.23. The Balaban J connectivity index is 1.86. The Morgan fingerprint density at radius 2 is 1.89 bits per heavy atom. The van der Waals surface area contributed by atoms with Crippen molar-refractivity contribution in [1.29, 1.82) is 0 Å². The van der Waals surface area contributed by atoms with Gasteiger partial charge in [-0.05, 0) is 42.3 Å². The Hall–Kier alpha value is -2.23. The summed E-state index contributed by atoms with van der Waals surface area (Å²) in [6.45, 7) is 0.732. The zero-order valence-corrected chi connectivity index (χ0v) is 10.8. The molecule has 0 amide bonds. The Bertz CT molecular complexity index is 540. The number of nitrogens with two attached hydrogens (primary N) is 1. The van der Waals surface area contributed by atoms with Gasteiger partial charge in [0.25, 0.3) is 0 Å². The van der Waals surface area contributed by atoms with Gasteiger partial charge < -0.3 is 15.8 Å². The van der Waals surface area contributed by atoms with E-state index in [1.54, 1.807) is 19.2 Å². The van der Waals surface area contributed by atoms with Crippen LogP contribution in [0.2, 0.25) is 0 Å². The van der Waals surface area contributed by atoms with Crippen molar-refractivity contribution in [2.24, 2.45) is 0 Å². The number of benzene rings is 2. The number of anilines is 2. The standard InChI is InChI=1S/C15H17FN2O/c1-19-13-5-2-11(3-6-13)8-9-18-12-4-7-15(17)14(16)10-12/h2-7,10,18H,8-9,17H2,1H3. The molecule has 4 heteroatoms. The molecule has 0 spiro atoms. The van der Waals surface area contributed by atoms with E-state index >= 15 is 0 Å². The van der Waals surface area contributed by atoms with E-state index < -0.39 is 5.82 Å². The van der Waals surface area contributed by atoms with E-state index in [-0.39, 0.29) is 5.69 Å². The second kappa shape index (κ2) is 6.09. The number of hydrogen-bond donors (Lipinski definition) is 2. The van der Waals surface area contributed by atoms with Crippen LogP contribution in [0.1, 0.15) is 5.56 Å². The van der Waals surface area contributed by atoms with Crippen LogP contribution >= 0.6 is 0 Å². The van der Waals surface area contributed by atoms with E-state index in [1.165, 1.54) is 11.6 Å². The topological polar surface area (TPSA) is 47.3 Å². The lowest BCUT2D eigenvalue weighted by Gasteiger charge is -2.08. The molecule has 0 aliphatic carbocycles. The fourth-order valence-electron chi connectivity index (χ4n) is 1.78. The zero-order valence-electron chi connectivity index (χ0n) is 10.8. The molecule has 3 nitrogen and oxygen atoms in total. The molecule has 100 valence electrons. The summed E-state index contributed by atoms with van der Waals surface area (Å²) in [5.41, 5.74) is 7.52. The van der Waals surface area contributed by atoms with E-state index in [2.05, 4.69) is 5.32 Å². The molecule has 0 saturated carbocycles. The van der Waals surface area contributed by atoms with E-state index in [4.69, 9.17) is 10.5 Å². The lowest BCUT2D eigenvalue weighted by molar-refractivity contribution is 0.414. The summed E-state index contributed by atoms with van der Waals surface area (Å²) in [7, 11) is 1.65. The van der Waals surface area contributed by atoms with Gasteiger partial charge in [-0.15, -0.1) is 0 Å². The molecule has 0 fully saturated rings. The Labute approximate surface area is 112 Å². The number of nitrogens with one attached hydrogen (secondary N) is 1. The van der Waals surface area contributed by atoms with Crippen LogP contribution in [0.3, 0.4) is 0 Å². The average molecular weight is 260 g/mol. The molecule has 0 heterocycles. The zero-order chi connectivity index (χ0) is 13.7. The first-order chi connectivity index (χ1) is 9.19. The van der Waals surface area contributed by atoms with Gasteiger partial charge in [0.1, 0.15) is 11.6 Å².